The fourth-order valence-corrected chi connectivity index (χ4v) is 2.24. The number of rotatable bonds is 4. The molecule has 0 fully saturated rings. The van der Waals surface area contributed by atoms with Crippen molar-refractivity contribution in [1.29, 1.82) is 0 Å². The van der Waals surface area contributed by atoms with E-state index in [1.54, 1.807) is 24.3 Å². The normalized spacial score (nSPS) is 12.1. The molecule has 4 nitrogen and oxygen atoms in total. The van der Waals surface area contributed by atoms with Crippen molar-refractivity contribution in [3.05, 3.63) is 52.8 Å². The van der Waals surface area contributed by atoms with Crippen LogP contribution in [0.15, 0.2) is 47.2 Å². The molecule has 2 rings (SSSR count). The van der Waals surface area contributed by atoms with Gasteiger partial charge in [-0.05, 0) is 39.7 Å². The second-order valence-electron chi connectivity index (χ2n) is 4.19. The van der Waals surface area contributed by atoms with E-state index < -0.39 is 6.04 Å². The number of methoxy groups -OCH3 is 1. The van der Waals surface area contributed by atoms with E-state index >= 15 is 0 Å². The zero-order chi connectivity index (χ0) is 13.8. The van der Waals surface area contributed by atoms with E-state index in [0.29, 0.717) is 6.42 Å². The molecule has 1 aromatic heterocycles. The number of phenolic OH excluding ortho intramolecular Hbond substituents is 1. The Hall–Kier alpha value is -1.75. The largest absolute Gasteiger partial charge is 0.508 e. The SMILES string of the molecule is COC(=O)C(Cc1ccc(O)cc1)n1ccc(Br)c1. The third-order valence-electron chi connectivity index (χ3n) is 2.88. The number of phenols is 1. The Labute approximate surface area is 119 Å². The minimum Gasteiger partial charge on any atom is -0.508 e. The predicted octanol–water partition coefficient (Wildman–Crippen LogP) is 2.91. The summed E-state index contributed by atoms with van der Waals surface area (Å²) in [5, 5.41) is 9.26. The lowest BCUT2D eigenvalue weighted by Crippen LogP contribution is -2.22. The molecule has 0 radical (unpaired) electrons. The van der Waals surface area contributed by atoms with Crippen LogP contribution in [0.4, 0.5) is 0 Å². The first kappa shape index (κ1) is 13.7. The number of aromatic nitrogens is 1. The number of carbonyl (C=O) groups is 1. The highest BCUT2D eigenvalue weighted by Crippen LogP contribution is 2.21. The third-order valence-corrected chi connectivity index (χ3v) is 3.35. The van der Waals surface area contributed by atoms with E-state index in [4.69, 9.17) is 4.74 Å². The highest BCUT2D eigenvalue weighted by molar-refractivity contribution is 9.10. The highest BCUT2D eigenvalue weighted by atomic mass is 79.9. The Kier molecular flexibility index (Phi) is 4.27. The van der Waals surface area contributed by atoms with Crippen LogP contribution in [0.1, 0.15) is 11.6 Å². The van der Waals surface area contributed by atoms with E-state index in [9.17, 15) is 9.90 Å². The summed E-state index contributed by atoms with van der Waals surface area (Å²) in [5.41, 5.74) is 0.957. The minimum absolute atomic E-state index is 0.210. The van der Waals surface area contributed by atoms with E-state index in [2.05, 4.69) is 15.9 Å². The number of carbonyl (C=O) groups excluding carboxylic acids is 1. The Bertz CT molecular complexity index is 562. The van der Waals surface area contributed by atoms with Gasteiger partial charge in [-0.2, -0.15) is 0 Å². The van der Waals surface area contributed by atoms with E-state index in [-0.39, 0.29) is 11.7 Å². The zero-order valence-corrected chi connectivity index (χ0v) is 12.0. The molecule has 0 aliphatic carbocycles. The van der Waals surface area contributed by atoms with Crippen LogP contribution < -0.4 is 0 Å². The number of esters is 1. The summed E-state index contributed by atoms with van der Waals surface area (Å²) in [6, 6.07) is 8.26. The number of hydrogen-bond donors (Lipinski definition) is 1. The summed E-state index contributed by atoms with van der Waals surface area (Å²) in [6.45, 7) is 0. The lowest BCUT2D eigenvalue weighted by atomic mass is 10.1. The summed E-state index contributed by atoms with van der Waals surface area (Å²) < 4.78 is 7.57. The van der Waals surface area contributed by atoms with Crippen molar-refractivity contribution in [1.82, 2.24) is 4.57 Å². The Balaban J connectivity index is 2.23. The fourth-order valence-electron chi connectivity index (χ4n) is 1.88. The highest BCUT2D eigenvalue weighted by Gasteiger charge is 2.21. The van der Waals surface area contributed by atoms with Gasteiger partial charge in [0, 0.05) is 23.3 Å². The second-order valence-corrected chi connectivity index (χ2v) is 5.10. The van der Waals surface area contributed by atoms with E-state index in [1.165, 1.54) is 7.11 Å². The maximum absolute atomic E-state index is 11.9. The molecule has 0 saturated heterocycles. The van der Waals surface area contributed by atoms with Crippen molar-refractivity contribution in [3.63, 3.8) is 0 Å². The van der Waals surface area contributed by atoms with Gasteiger partial charge < -0.3 is 14.4 Å². The predicted molar refractivity (Wildman–Crippen MR) is 75.0 cm³/mol. The van der Waals surface area contributed by atoms with Crippen LogP contribution >= 0.6 is 15.9 Å². The first-order valence-corrected chi connectivity index (χ1v) is 6.58. The Morgan fingerprint density at radius 2 is 2.05 bits per heavy atom. The van der Waals surface area contributed by atoms with Gasteiger partial charge in [0.1, 0.15) is 11.8 Å². The number of nitrogens with zero attached hydrogens (tertiary/aromatic N) is 1. The molecule has 0 amide bonds. The quantitative estimate of drug-likeness (QED) is 0.880. The van der Waals surface area contributed by atoms with Crippen molar-refractivity contribution in [2.75, 3.05) is 7.11 Å². The van der Waals surface area contributed by atoms with Crippen molar-refractivity contribution < 1.29 is 14.6 Å². The Morgan fingerprint density at radius 1 is 1.37 bits per heavy atom. The number of halogens is 1. The molecule has 0 aliphatic heterocycles. The van der Waals surface area contributed by atoms with Crippen molar-refractivity contribution in [2.45, 2.75) is 12.5 Å². The molecule has 1 aromatic carbocycles. The van der Waals surface area contributed by atoms with Gasteiger partial charge in [-0.1, -0.05) is 12.1 Å². The summed E-state index contributed by atoms with van der Waals surface area (Å²) in [4.78, 5) is 11.9. The fraction of sp³-hybridized carbons (Fsp3) is 0.214. The van der Waals surface area contributed by atoms with Gasteiger partial charge >= 0.3 is 5.97 Å². The standard InChI is InChI=1S/C14H14BrNO3/c1-19-14(18)13(16-7-6-11(15)9-16)8-10-2-4-12(17)5-3-10/h2-7,9,13,17H,8H2,1H3. The van der Waals surface area contributed by atoms with Gasteiger partial charge in [-0.3, -0.25) is 0 Å². The lowest BCUT2D eigenvalue weighted by Gasteiger charge is -2.16. The number of benzene rings is 1. The van der Waals surface area contributed by atoms with E-state index in [0.717, 1.165) is 10.0 Å². The summed E-state index contributed by atoms with van der Waals surface area (Å²) in [6.07, 6.45) is 4.17. The second kappa shape index (κ2) is 5.93. The van der Waals surface area contributed by atoms with Gasteiger partial charge in [0.05, 0.1) is 7.11 Å². The summed E-state index contributed by atoms with van der Waals surface area (Å²) >= 11 is 3.36. The third kappa shape index (κ3) is 3.38. The lowest BCUT2D eigenvalue weighted by molar-refractivity contribution is -0.144. The summed E-state index contributed by atoms with van der Waals surface area (Å²) in [5.74, 6) is -0.0850. The maximum Gasteiger partial charge on any atom is 0.329 e. The van der Waals surface area contributed by atoms with Gasteiger partial charge in [0.2, 0.25) is 0 Å². The van der Waals surface area contributed by atoms with Gasteiger partial charge in [0.25, 0.3) is 0 Å². The molecule has 1 atom stereocenters. The van der Waals surface area contributed by atoms with Crippen LogP contribution in [0.3, 0.4) is 0 Å². The number of ether oxygens (including phenoxy) is 1. The molecule has 0 bridgehead atoms. The van der Waals surface area contributed by atoms with Crippen LogP contribution in [-0.4, -0.2) is 22.8 Å². The molecular formula is C14H14BrNO3. The molecule has 100 valence electrons. The molecule has 0 saturated carbocycles. The van der Waals surface area contributed by atoms with Gasteiger partial charge in [0.15, 0.2) is 0 Å². The van der Waals surface area contributed by atoms with E-state index in [1.807, 2.05) is 23.0 Å². The molecule has 1 heterocycles. The van der Waals surface area contributed by atoms with Gasteiger partial charge in [-0.15, -0.1) is 0 Å². The minimum atomic E-state index is -0.416. The number of hydrogen-bond acceptors (Lipinski definition) is 3. The molecule has 1 unspecified atom stereocenters. The van der Waals surface area contributed by atoms with Crippen molar-refractivity contribution >= 4 is 21.9 Å². The molecule has 19 heavy (non-hydrogen) atoms. The molecule has 5 heteroatoms. The molecule has 1 N–H and O–H groups in total. The monoisotopic (exact) mass is 323 g/mol. The molecule has 0 aliphatic rings. The Morgan fingerprint density at radius 3 is 2.58 bits per heavy atom. The average Bonchev–Trinajstić information content (AvgIpc) is 2.83. The molecule has 2 aromatic rings. The van der Waals surface area contributed by atoms with Crippen molar-refractivity contribution in [3.8, 4) is 5.75 Å². The zero-order valence-electron chi connectivity index (χ0n) is 10.4. The molecule has 0 spiro atoms. The first-order chi connectivity index (χ1) is 9.10. The van der Waals surface area contributed by atoms with Crippen LogP contribution in [0.5, 0.6) is 5.75 Å². The first-order valence-electron chi connectivity index (χ1n) is 5.79. The smallest absolute Gasteiger partial charge is 0.329 e. The van der Waals surface area contributed by atoms with Crippen LogP contribution in [0, 0.1) is 0 Å². The van der Waals surface area contributed by atoms with Crippen molar-refractivity contribution in [2.24, 2.45) is 0 Å². The van der Waals surface area contributed by atoms with Gasteiger partial charge in [-0.25, -0.2) is 4.79 Å². The van der Waals surface area contributed by atoms with Crippen LogP contribution in [-0.2, 0) is 16.0 Å². The molecular weight excluding hydrogens is 310 g/mol. The van der Waals surface area contributed by atoms with Crippen LogP contribution in [0.25, 0.3) is 0 Å². The topological polar surface area (TPSA) is 51.5 Å². The maximum atomic E-state index is 11.9. The summed E-state index contributed by atoms with van der Waals surface area (Å²) in [7, 11) is 1.38. The average molecular weight is 324 g/mol. The van der Waals surface area contributed by atoms with Crippen LogP contribution in [0.2, 0.25) is 0 Å². The number of aromatic hydroxyl groups is 1.